The molecular weight excluding hydrogens is 216 g/mol. The van der Waals surface area contributed by atoms with E-state index in [1.54, 1.807) is 31.2 Å². The molecular formula is C13H16N2O2. The van der Waals surface area contributed by atoms with Gasteiger partial charge >= 0.3 is 0 Å². The molecule has 0 saturated heterocycles. The molecule has 0 saturated carbocycles. The Kier molecular flexibility index (Phi) is 4.46. The first kappa shape index (κ1) is 13.0. The maximum Gasteiger partial charge on any atom is 0.250 e. The zero-order chi connectivity index (χ0) is 12.8. The smallest absolute Gasteiger partial charge is 0.250 e. The van der Waals surface area contributed by atoms with Crippen molar-refractivity contribution in [2.24, 2.45) is 5.73 Å². The molecule has 4 heteroatoms. The fourth-order valence-corrected chi connectivity index (χ4v) is 1.43. The highest BCUT2D eigenvalue weighted by molar-refractivity contribution is 6.08. The standard InChI is InChI=1S/C13H16N2O2/c1-3-6-9(2)13(17)15-11-8-5-4-7-10(11)12(14)16/h4-8H,3H2,1-2H3,(H2,14,16)(H,15,17). The van der Waals surface area contributed by atoms with Gasteiger partial charge in [-0.15, -0.1) is 0 Å². The molecule has 0 bridgehead atoms. The van der Waals surface area contributed by atoms with Gasteiger partial charge in [-0.05, 0) is 25.5 Å². The van der Waals surface area contributed by atoms with Gasteiger partial charge in [-0.25, -0.2) is 0 Å². The highest BCUT2D eigenvalue weighted by Crippen LogP contribution is 2.15. The summed E-state index contributed by atoms with van der Waals surface area (Å²) in [6.45, 7) is 3.68. The molecule has 1 aromatic carbocycles. The van der Waals surface area contributed by atoms with E-state index in [0.29, 0.717) is 16.8 Å². The van der Waals surface area contributed by atoms with Crippen molar-refractivity contribution in [3.63, 3.8) is 0 Å². The summed E-state index contributed by atoms with van der Waals surface area (Å²) < 4.78 is 0. The average molecular weight is 232 g/mol. The van der Waals surface area contributed by atoms with Crippen LogP contribution in [0.4, 0.5) is 5.69 Å². The number of carbonyl (C=O) groups excluding carboxylic acids is 2. The zero-order valence-electron chi connectivity index (χ0n) is 9.99. The lowest BCUT2D eigenvalue weighted by Crippen LogP contribution is -2.18. The molecule has 17 heavy (non-hydrogen) atoms. The third-order valence-electron chi connectivity index (χ3n) is 2.31. The lowest BCUT2D eigenvalue weighted by molar-refractivity contribution is -0.112. The molecule has 0 atom stereocenters. The second kappa shape index (κ2) is 5.84. The quantitative estimate of drug-likeness (QED) is 0.780. The van der Waals surface area contributed by atoms with Crippen LogP contribution in [0.25, 0.3) is 0 Å². The number of carbonyl (C=O) groups is 2. The second-order valence-corrected chi connectivity index (χ2v) is 3.66. The normalized spacial score (nSPS) is 11.1. The predicted octanol–water partition coefficient (Wildman–Crippen LogP) is 2.08. The van der Waals surface area contributed by atoms with Crippen molar-refractivity contribution in [2.75, 3.05) is 5.32 Å². The minimum atomic E-state index is -0.557. The third kappa shape index (κ3) is 3.45. The van der Waals surface area contributed by atoms with E-state index < -0.39 is 5.91 Å². The summed E-state index contributed by atoms with van der Waals surface area (Å²) in [5.41, 5.74) is 6.59. The Labute approximate surface area is 101 Å². The van der Waals surface area contributed by atoms with E-state index in [1.807, 2.05) is 13.0 Å². The topological polar surface area (TPSA) is 72.2 Å². The summed E-state index contributed by atoms with van der Waals surface area (Å²) in [6.07, 6.45) is 2.61. The monoisotopic (exact) mass is 232 g/mol. The predicted molar refractivity (Wildman–Crippen MR) is 67.6 cm³/mol. The number of primary amides is 1. The number of allylic oxidation sites excluding steroid dienone is 1. The minimum absolute atomic E-state index is 0.222. The number of hydrogen-bond donors (Lipinski definition) is 2. The van der Waals surface area contributed by atoms with Gasteiger partial charge in [0.05, 0.1) is 11.3 Å². The number of anilines is 1. The van der Waals surface area contributed by atoms with E-state index in [2.05, 4.69) is 5.32 Å². The Morgan fingerprint density at radius 3 is 2.59 bits per heavy atom. The van der Waals surface area contributed by atoms with Crippen LogP contribution >= 0.6 is 0 Å². The molecule has 0 aromatic heterocycles. The van der Waals surface area contributed by atoms with E-state index >= 15 is 0 Å². The summed E-state index contributed by atoms with van der Waals surface area (Å²) >= 11 is 0. The fraction of sp³-hybridized carbons (Fsp3) is 0.231. The Morgan fingerprint density at radius 1 is 1.35 bits per heavy atom. The van der Waals surface area contributed by atoms with Crippen molar-refractivity contribution in [3.05, 3.63) is 41.5 Å². The lowest BCUT2D eigenvalue weighted by atomic mass is 10.1. The molecule has 0 aliphatic rings. The molecule has 0 unspecified atom stereocenters. The van der Waals surface area contributed by atoms with Crippen molar-refractivity contribution >= 4 is 17.5 Å². The Bertz CT molecular complexity index is 464. The number of hydrogen-bond acceptors (Lipinski definition) is 2. The number of benzene rings is 1. The first-order valence-corrected chi connectivity index (χ1v) is 5.43. The van der Waals surface area contributed by atoms with Gasteiger partial charge in [0.15, 0.2) is 0 Å². The minimum Gasteiger partial charge on any atom is -0.366 e. The fourth-order valence-electron chi connectivity index (χ4n) is 1.43. The Balaban J connectivity index is 2.92. The molecule has 0 heterocycles. The van der Waals surface area contributed by atoms with Crippen molar-refractivity contribution in [2.45, 2.75) is 20.3 Å². The Morgan fingerprint density at radius 2 is 2.00 bits per heavy atom. The molecule has 3 N–H and O–H groups in total. The van der Waals surface area contributed by atoms with Gasteiger partial charge in [0.25, 0.3) is 11.8 Å². The van der Waals surface area contributed by atoms with Crippen LogP contribution in [0.5, 0.6) is 0 Å². The molecule has 0 spiro atoms. The van der Waals surface area contributed by atoms with E-state index in [-0.39, 0.29) is 5.91 Å². The first-order valence-electron chi connectivity index (χ1n) is 5.43. The first-order chi connectivity index (χ1) is 8.06. The number of amides is 2. The van der Waals surface area contributed by atoms with Gasteiger partial charge in [0, 0.05) is 5.57 Å². The van der Waals surface area contributed by atoms with Crippen LogP contribution < -0.4 is 11.1 Å². The van der Waals surface area contributed by atoms with E-state index in [0.717, 1.165) is 6.42 Å². The van der Waals surface area contributed by atoms with Gasteiger partial charge < -0.3 is 11.1 Å². The highest BCUT2D eigenvalue weighted by Gasteiger charge is 2.10. The molecule has 90 valence electrons. The third-order valence-corrected chi connectivity index (χ3v) is 2.31. The largest absolute Gasteiger partial charge is 0.366 e. The summed E-state index contributed by atoms with van der Waals surface area (Å²) in [6, 6.07) is 6.67. The number of nitrogens with one attached hydrogen (secondary N) is 1. The van der Waals surface area contributed by atoms with Crippen molar-refractivity contribution in [1.82, 2.24) is 0 Å². The molecule has 2 amide bonds. The highest BCUT2D eigenvalue weighted by atomic mass is 16.2. The number of rotatable bonds is 4. The molecule has 1 rings (SSSR count). The molecule has 0 fully saturated rings. The molecule has 4 nitrogen and oxygen atoms in total. The van der Waals surface area contributed by atoms with Crippen LogP contribution in [0, 0.1) is 0 Å². The summed E-state index contributed by atoms with van der Waals surface area (Å²) in [5.74, 6) is -0.779. The van der Waals surface area contributed by atoms with Crippen LogP contribution in [0.2, 0.25) is 0 Å². The van der Waals surface area contributed by atoms with Gasteiger partial charge in [-0.1, -0.05) is 25.1 Å². The lowest BCUT2D eigenvalue weighted by Gasteiger charge is -2.08. The van der Waals surface area contributed by atoms with E-state index in [4.69, 9.17) is 5.73 Å². The van der Waals surface area contributed by atoms with E-state index in [1.165, 1.54) is 0 Å². The van der Waals surface area contributed by atoms with Gasteiger partial charge in [-0.2, -0.15) is 0 Å². The van der Waals surface area contributed by atoms with Crippen LogP contribution in [-0.4, -0.2) is 11.8 Å². The van der Waals surface area contributed by atoms with Crippen LogP contribution in [0.15, 0.2) is 35.9 Å². The Hall–Kier alpha value is -2.10. The maximum atomic E-state index is 11.7. The van der Waals surface area contributed by atoms with Crippen LogP contribution in [0.3, 0.4) is 0 Å². The average Bonchev–Trinajstić information content (AvgIpc) is 2.29. The van der Waals surface area contributed by atoms with Crippen molar-refractivity contribution in [1.29, 1.82) is 0 Å². The molecule has 0 aliphatic carbocycles. The van der Waals surface area contributed by atoms with E-state index in [9.17, 15) is 9.59 Å². The molecule has 0 radical (unpaired) electrons. The number of para-hydroxylation sites is 1. The van der Waals surface area contributed by atoms with Crippen molar-refractivity contribution < 1.29 is 9.59 Å². The molecule has 0 aliphatic heterocycles. The second-order valence-electron chi connectivity index (χ2n) is 3.66. The zero-order valence-corrected chi connectivity index (χ0v) is 9.99. The van der Waals surface area contributed by atoms with Gasteiger partial charge in [0.2, 0.25) is 0 Å². The molecule has 1 aromatic rings. The summed E-state index contributed by atoms with van der Waals surface area (Å²) in [4.78, 5) is 22.9. The summed E-state index contributed by atoms with van der Waals surface area (Å²) in [5, 5.41) is 2.67. The summed E-state index contributed by atoms with van der Waals surface area (Å²) in [7, 11) is 0. The number of nitrogens with two attached hydrogens (primary N) is 1. The van der Waals surface area contributed by atoms with Crippen LogP contribution in [0.1, 0.15) is 30.6 Å². The maximum absolute atomic E-state index is 11.7. The van der Waals surface area contributed by atoms with Crippen LogP contribution in [-0.2, 0) is 4.79 Å². The van der Waals surface area contributed by atoms with Gasteiger partial charge in [0.1, 0.15) is 0 Å². The van der Waals surface area contributed by atoms with Crippen molar-refractivity contribution in [3.8, 4) is 0 Å². The SMILES string of the molecule is CCC=C(C)C(=O)Nc1ccccc1C(N)=O. The van der Waals surface area contributed by atoms with Gasteiger partial charge in [-0.3, -0.25) is 9.59 Å².